The summed E-state index contributed by atoms with van der Waals surface area (Å²) in [5, 5.41) is 3.12. The maximum Gasteiger partial charge on any atom is 0.237 e. The second-order valence-electron chi connectivity index (χ2n) is 6.24. The minimum absolute atomic E-state index is 0.0376. The van der Waals surface area contributed by atoms with Crippen LogP contribution >= 0.6 is 0 Å². The van der Waals surface area contributed by atoms with Gasteiger partial charge in [0.2, 0.25) is 5.91 Å². The van der Waals surface area contributed by atoms with Gasteiger partial charge in [-0.05, 0) is 26.7 Å². The third-order valence-electron chi connectivity index (χ3n) is 4.65. The van der Waals surface area contributed by atoms with Gasteiger partial charge in [-0.15, -0.1) is 0 Å². The van der Waals surface area contributed by atoms with E-state index in [0.717, 1.165) is 52.0 Å². The molecule has 5 nitrogen and oxygen atoms in total. The maximum atomic E-state index is 12.3. The smallest absolute Gasteiger partial charge is 0.237 e. The van der Waals surface area contributed by atoms with Gasteiger partial charge in [0.1, 0.15) is 0 Å². The van der Waals surface area contributed by atoms with Gasteiger partial charge < -0.3 is 11.1 Å². The molecule has 124 valence electrons. The molecule has 3 N–H and O–H groups in total. The average molecular weight is 298 g/mol. The van der Waals surface area contributed by atoms with E-state index in [1.54, 1.807) is 0 Å². The third kappa shape index (κ3) is 5.57. The van der Waals surface area contributed by atoms with E-state index in [1.165, 1.54) is 0 Å². The van der Waals surface area contributed by atoms with Crippen LogP contribution in [0.5, 0.6) is 0 Å². The van der Waals surface area contributed by atoms with Crippen LogP contribution in [0, 0.1) is 0 Å². The van der Waals surface area contributed by atoms with Crippen molar-refractivity contribution in [3.8, 4) is 0 Å². The summed E-state index contributed by atoms with van der Waals surface area (Å²) in [7, 11) is 0. The fraction of sp³-hybridized carbons (Fsp3) is 0.938. The van der Waals surface area contributed by atoms with Gasteiger partial charge in [-0.25, -0.2) is 0 Å². The van der Waals surface area contributed by atoms with Crippen LogP contribution in [-0.2, 0) is 4.79 Å². The highest BCUT2D eigenvalue weighted by molar-refractivity contribution is 5.81. The first-order valence-corrected chi connectivity index (χ1v) is 8.51. The van der Waals surface area contributed by atoms with E-state index in [1.807, 2.05) is 6.92 Å². The van der Waals surface area contributed by atoms with E-state index in [0.29, 0.717) is 6.04 Å². The molecule has 0 saturated carbocycles. The number of rotatable bonds is 8. The molecule has 0 radical (unpaired) electrons. The fourth-order valence-corrected chi connectivity index (χ4v) is 3.10. The molecule has 1 amide bonds. The summed E-state index contributed by atoms with van der Waals surface area (Å²) in [6, 6.07) is 0.721. The Hall–Kier alpha value is -0.650. The van der Waals surface area contributed by atoms with Crippen LogP contribution in [-0.4, -0.2) is 66.6 Å². The molecule has 3 atom stereocenters. The van der Waals surface area contributed by atoms with Crippen molar-refractivity contribution in [2.45, 2.75) is 65.1 Å². The Bertz CT molecular complexity index is 299. The van der Waals surface area contributed by atoms with Crippen molar-refractivity contribution >= 4 is 5.91 Å². The summed E-state index contributed by atoms with van der Waals surface area (Å²) in [6.45, 7) is 13.1. The number of nitrogens with two attached hydrogens (primary N) is 1. The molecule has 3 unspecified atom stereocenters. The van der Waals surface area contributed by atoms with Crippen LogP contribution in [0.3, 0.4) is 0 Å². The van der Waals surface area contributed by atoms with Crippen LogP contribution in [0.2, 0.25) is 0 Å². The molecule has 1 heterocycles. The van der Waals surface area contributed by atoms with Crippen molar-refractivity contribution in [1.82, 2.24) is 15.1 Å². The summed E-state index contributed by atoms with van der Waals surface area (Å²) in [4.78, 5) is 17.0. The first-order chi connectivity index (χ1) is 10.0. The highest BCUT2D eigenvalue weighted by Gasteiger charge is 2.28. The topological polar surface area (TPSA) is 61.6 Å². The molecule has 0 aromatic rings. The lowest BCUT2D eigenvalue weighted by atomic mass is 10.1. The van der Waals surface area contributed by atoms with Gasteiger partial charge >= 0.3 is 0 Å². The first-order valence-electron chi connectivity index (χ1n) is 8.51. The van der Waals surface area contributed by atoms with Gasteiger partial charge in [0, 0.05) is 44.8 Å². The highest BCUT2D eigenvalue weighted by Crippen LogP contribution is 2.11. The predicted molar refractivity (Wildman–Crippen MR) is 88.3 cm³/mol. The summed E-state index contributed by atoms with van der Waals surface area (Å²) in [5.74, 6) is 0.162. The van der Waals surface area contributed by atoms with Crippen LogP contribution in [0.1, 0.15) is 47.0 Å². The molecule has 0 aromatic heterocycles. The van der Waals surface area contributed by atoms with E-state index in [9.17, 15) is 4.79 Å². The van der Waals surface area contributed by atoms with Crippen LogP contribution in [0.25, 0.3) is 0 Å². The molecule has 0 aliphatic carbocycles. The maximum absolute atomic E-state index is 12.3. The standard InChI is InChI=1S/C16H34N4O/c1-5-7-13(3)18-16(21)14(4)19-8-10-20(11-9-19)15(6-2)12-17/h13-15H,5-12,17H2,1-4H3,(H,18,21). The van der Waals surface area contributed by atoms with Gasteiger partial charge in [-0.2, -0.15) is 0 Å². The quantitative estimate of drug-likeness (QED) is 0.703. The minimum Gasteiger partial charge on any atom is -0.352 e. The zero-order chi connectivity index (χ0) is 15.8. The number of carbonyl (C=O) groups is 1. The Labute approximate surface area is 130 Å². The lowest BCUT2D eigenvalue weighted by Crippen LogP contribution is -2.57. The molecule has 0 aromatic carbocycles. The van der Waals surface area contributed by atoms with Crippen molar-refractivity contribution in [3.63, 3.8) is 0 Å². The molecule has 0 bridgehead atoms. The van der Waals surface area contributed by atoms with E-state index >= 15 is 0 Å². The second kappa shape index (κ2) is 9.38. The number of hydrogen-bond acceptors (Lipinski definition) is 4. The van der Waals surface area contributed by atoms with E-state index < -0.39 is 0 Å². The predicted octanol–water partition coefficient (Wildman–Crippen LogP) is 1.03. The van der Waals surface area contributed by atoms with Crippen LogP contribution < -0.4 is 11.1 Å². The van der Waals surface area contributed by atoms with Gasteiger partial charge in [0.25, 0.3) is 0 Å². The normalized spacial score (nSPS) is 21.8. The Balaban J connectivity index is 2.40. The molecule has 0 spiro atoms. The number of hydrogen-bond donors (Lipinski definition) is 2. The Morgan fingerprint density at radius 3 is 2.19 bits per heavy atom. The summed E-state index contributed by atoms with van der Waals surface area (Å²) in [6.07, 6.45) is 3.24. The van der Waals surface area contributed by atoms with Crippen molar-refractivity contribution in [3.05, 3.63) is 0 Å². The van der Waals surface area contributed by atoms with Crippen molar-refractivity contribution in [2.75, 3.05) is 32.7 Å². The number of carbonyl (C=O) groups excluding carboxylic acids is 1. The molecule has 5 heteroatoms. The van der Waals surface area contributed by atoms with Gasteiger partial charge in [0.15, 0.2) is 0 Å². The Morgan fingerprint density at radius 1 is 1.14 bits per heavy atom. The number of nitrogens with one attached hydrogen (secondary N) is 1. The summed E-state index contributed by atoms with van der Waals surface area (Å²) < 4.78 is 0. The fourth-order valence-electron chi connectivity index (χ4n) is 3.10. The molecule has 1 fully saturated rings. The lowest BCUT2D eigenvalue weighted by Gasteiger charge is -2.40. The molecular formula is C16H34N4O. The van der Waals surface area contributed by atoms with E-state index in [4.69, 9.17) is 5.73 Å². The first kappa shape index (κ1) is 18.4. The number of nitrogens with zero attached hydrogens (tertiary/aromatic N) is 2. The van der Waals surface area contributed by atoms with E-state index in [2.05, 4.69) is 35.9 Å². The van der Waals surface area contributed by atoms with E-state index in [-0.39, 0.29) is 18.0 Å². The van der Waals surface area contributed by atoms with Gasteiger partial charge in [-0.1, -0.05) is 20.3 Å². The van der Waals surface area contributed by atoms with Crippen molar-refractivity contribution in [2.24, 2.45) is 5.73 Å². The zero-order valence-electron chi connectivity index (χ0n) is 14.3. The summed E-state index contributed by atoms with van der Waals surface area (Å²) in [5.41, 5.74) is 5.82. The Kier molecular flexibility index (Phi) is 8.22. The van der Waals surface area contributed by atoms with Gasteiger partial charge in [0.05, 0.1) is 6.04 Å². The highest BCUT2D eigenvalue weighted by atomic mass is 16.2. The van der Waals surface area contributed by atoms with Crippen molar-refractivity contribution in [1.29, 1.82) is 0 Å². The Morgan fingerprint density at radius 2 is 1.71 bits per heavy atom. The van der Waals surface area contributed by atoms with Crippen LogP contribution in [0.15, 0.2) is 0 Å². The average Bonchev–Trinajstić information content (AvgIpc) is 2.48. The number of piperazine rings is 1. The summed E-state index contributed by atoms with van der Waals surface area (Å²) >= 11 is 0. The lowest BCUT2D eigenvalue weighted by molar-refractivity contribution is -0.127. The zero-order valence-corrected chi connectivity index (χ0v) is 14.3. The van der Waals surface area contributed by atoms with Crippen molar-refractivity contribution < 1.29 is 4.79 Å². The molecule has 21 heavy (non-hydrogen) atoms. The van der Waals surface area contributed by atoms with Gasteiger partial charge in [-0.3, -0.25) is 14.6 Å². The molecule has 1 aliphatic heterocycles. The molecule has 1 aliphatic rings. The van der Waals surface area contributed by atoms with Crippen LogP contribution in [0.4, 0.5) is 0 Å². The minimum atomic E-state index is -0.0376. The molecular weight excluding hydrogens is 264 g/mol. The second-order valence-corrected chi connectivity index (χ2v) is 6.24. The SMILES string of the molecule is CCCC(C)NC(=O)C(C)N1CCN(C(CC)CN)CC1. The molecule has 1 saturated heterocycles. The largest absolute Gasteiger partial charge is 0.352 e. The molecule has 1 rings (SSSR count). The monoisotopic (exact) mass is 298 g/mol. The third-order valence-corrected chi connectivity index (χ3v) is 4.65. The number of amides is 1.